The number of carbonyl (C=O) groups is 6. The molecule has 4 aromatic carbocycles. The summed E-state index contributed by atoms with van der Waals surface area (Å²) in [6, 6.07) is 21.1. The first-order chi connectivity index (χ1) is 33.5. The Hall–Kier alpha value is -6.41. The molecule has 5 aromatic rings. The summed E-state index contributed by atoms with van der Waals surface area (Å²) in [6.07, 6.45) is -7.15. The van der Waals surface area contributed by atoms with Crippen LogP contribution in [0.4, 0.5) is 10.5 Å². The molecule has 3 heterocycles. The maximum Gasteiger partial charge on any atom is 0.335 e. The fraction of sp³-hybridized carbons (Fsp3) is 0.412. The summed E-state index contributed by atoms with van der Waals surface area (Å²) in [7, 11) is 0. The number of hydrogen-bond donors (Lipinski definition) is 9. The van der Waals surface area contributed by atoms with Gasteiger partial charge in [-0.2, -0.15) is 0 Å². The number of anilines is 1. The summed E-state index contributed by atoms with van der Waals surface area (Å²) in [6.45, 7) is 4.81. The largest absolute Gasteiger partial charge is 0.479 e. The molecule has 70 heavy (non-hydrogen) atoms. The maximum absolute atomic E-state index is 14.4. The molecule has 1 unspecified atom stereocenters. The van der Waals surface area contributed by atoms with E-state index in [1.165, 1.54) is 0 Å². The number of alkyl halides is 1. The lowest BCUT2D eigenvalue weighted by Gasteiger charge is -2.38. The number of nitrogens with zero attached hydrogens (tertiary/aromatic N) is 1. The quantitative estimate of drug-likeness (QED) is 0.0285. The van der Waals surface area contributed by atoms with Crippen molar-refractivity contribution in [3.05, 3.63) is 107 Å². The second kappa shape index (κ2) is 22.6. The maximum atomic E-state index is 14.4. The Labute approximate surface area is 408 Å². The Morgan fingerprint density at radius 2 is 1.60 bits per heavy atom. The summed E-state index contributed by atoms with van der Waals surface area (Å²) in [5.41, 5.74) is 14.8. The molecule has 372 valence electrons. The summed E-state index contributed by atoms with van der Waals surface area (Å²) in [5.74, 6) is -2.82. The molecule has 18 nitrogen and oxygen atoms in total. The lowest BCUT2D eigenvalue weighted by molar-refractivity contribution is -0.270. The molecule has 0 radical (unpaired) electrons. The van der Waals surface area contributed by atoms with Gasteiger partial charge in [0.1, 0.15) is 29.8 Å². The number of carboxylic acids is 1. The minimum atomic E-state index is -1.91. The van der Waals surface area contributed by atoms with Crippen LogP contribution >= 0.6 is 11.6 Å². The minimum Gasteiger partial charge on any atom is -0.479 e. The van der Waals surface area contributed by atoms with Crippen molar-refractivity contribution in [1.82, 2.24) is 15.6 Å². The number of primary amides is 1. The van der Waals surface area contributed by atoms with Gasteiger partial charge in [-0.05, 0) is 78.4 Å². The van der Waals surface area contributed by atoms with Gasteiger partial charge in [0, 0.05) is 71.6 Å². The topological polar surface area (TPSA) is 297 Å². The zero-order chi connectivity index (χ0) is 50.4. The lowest BCUT2D eigenvalue weighted by atomic mass is 9.89. The molecule has 7 rings (SSSR count). The summed E-state index contributed by atoms with van der Waals surface area (Å²) < 4.78 is 11.5. The van der Waals surface area contributed by atoms with Gasteiger partial charge in [0.25, 0.3) is 5.91 Å². The number of ether oxygens (including phenoxy) is 2. The second-order valence-corrected chi connectivity index (χ2v) is 18.6. The number of aliphatic hydroxyl groups excluding tert-OH is 3. The van der Waals surface area contributed by atoms with Crippen LogP contribution < -0.4 is 31.7 Å². The third kappa shape index (κ3) is 11.4. The number of carbonyl (C=O) groups excluding carboxylic acids is 5. The van der Waals surface area contributed by atoms with Gasteiger partial charge in [-0.15, -0.1) is 11.6 Å². The minimum absolute atomic E-state index is 0.00934. The van der Waals surface area contributed by atoms with Crippen molar-refractivity contribution >= 4 is 74.3 Å². The number of carboxylic acid groups (broad SMARTS) is 1. The number of benzene rings is 4. The third-order valence-corrected chi connectivity index (χ3v) is 13.5. The van der Waals surface area contributed by atoms with E-state index in [4.69, 9.17) is 32.5 Å². The van der Waals surface area contributed by atoms with Crippen molar-refractivity contribution in [2.45, 2.75) is 95.0 Å². The van der Waals surface area contributed by atoms with Crippen LogP contribution in [0, 0.1) is 11.8 Å². The van der Waals surface area contributed by atoms with Gasteiger partial charge in [-0.1, -0.05) is 68.4 Å². The van der Waals surface area contributed by atoms with E-state index in [1.807, 2.05) is 26.0 Å². The highest BCUT2D eigenvalue weighted by molar-refractivity contribution is 6.19. The number of aromatic amines is 1. The van der Waals surface area contributed by atoms with Crippen molar-refractivity contribution in [1.29, 1.82) is 0 Å². The number of halogens is 1. The van der Waals surface area contributed by atoms with E-state index in [0.717, 1.165) is 5.56 Å². The molecular weight excluding hydrogens is 924 g/mol. The van der Waals surface area contributed by atoms with Gasteiger partial charge in [-0.3, -0.25) is 19.2 Å². The van der Waals surface area contributed by atoms with Gasteiger partial charge in [0.2, 0.25) is 12.2 Å². The van der Waals surface area contributed by atoms with E-state index in [9.17, 15) is 49.2 Å². The van der Waals surface area contributed by atoms with Crippen molar-refractivity contribution in [2.24, 2.45) is 23.3 Å². The van der Waals surface area contributed by atoms with Crippen LogP contribution in [-0.4, -0.2) is 123 Å². The lowest BCUT2D eigenvalue weighted by Crippen LogP contribution is -2.61. The molecule has 0 aliphatic carbocycles. The number of urea groups is 1. The highest BCUT2D eigenvalue weighted by atomic mass is 35.5. The molecule has 8 atom stereocenters. The molecule has 1 saturated heterocycles. The number of nitrogens with two attached hydrogens (primary N) is 2. The molecule has 1 aromatic heterocycles. The fourth-order valence-electron chi connectivity index (χ4n) is 9.29. The van der Waals surface area contributed by atoms with Crippen molar-refractivity contribution in [2.75, 3.05) is 30.4 Å². The van der Waals surface area contributed by atoms with E-state index in [1.54, 1.807) is 71.6 Å². The SMILES string of the molecule is CC(C)[C@H](CCCN)C(=O)N[C@@H](CCCNC(N)=O)C(=O)Cc1ccc(C(=O)Cc2ccc3[nH]c(C(=O)N4C[C@@H](CCl)c5c4cc(OC4O[C@H](C(=O)O)[C@@H](O)[C@H](O)[C@H]4O)c4ccccc54)cc3c2)cc1. The number of aliphatic hydroxyl groups is 3. The summed E-state index contributed by atoms with van der Waals surface area (Å²) >= 11 is 6.51. The normalized spacial score (nSPS) is 20.8. The first-order valence-corrected chi connectivity index (χ1v) is 23.9. The van der Waals surface area contributed by atoms with Gasteiger partial charge in [0.05, 0.1) is 11.7 Å². The van der Waals surface area contributed by atoms with Crippen molar-refractivity contribution < 1.29 is 58.7 Å². The van der Waals surface area contributed by atoms with Crippen LogP contribution in [0.1, 0.15) is 83.0 Å². The van der Waals surface area contributed by atoms with Crippen LogP contribution in [-0.2, 0) is 32.0 Å². The number of aromatic nitrogens is 1. The van der Waals surface area contributed by atoms with Gasteiger partial charge >= 0.3 is 12.0 Å². The predicted octanol–water partition coefficient (Wildman–Crippen LogP) is 4.06. The zero-order valence-electron chi connectivity index (χ0n) is 38.8. The number of aliphatic carboxylic acids is 1. The fourth-order valence-corrected chi connectivity index (χ4v) is 9.54. The van der Waals surface area contributed by atoms with Crippen LogP contribution in [0.3, 0.4) is 0 Å². The molecule has 0 spiro atoms. The van der Waals surface area contributed by atoms with Gasteiger partial charge in [-0.25, -0.2) is 9.59 Å². The van der Waals surface area contributed by atoms with Crippen LogP contribution in [0.25, 0.3) is 21.7 Å². The first kappa shape index (κ1) is 51.4. The molecule has 19 heteroatoms. The zero-order valence-corrected chi connectivity index (χ0v) is 39.6. The highest BCUT2D eigenvalue weighted by Gasteiger charge is 2.48. The monoisotopic (exact) mass is 982 g/mol. The van der Waals surface area contributed by atoms with E-state index in [0.29, 0.717) is 76.3 Å². The standard InChI is InChI=1S/C51H59ClN6O12/c1-26(2)32(9-5-17-53)47(64)57-36(10-6-18-55-51(54)68)40(60)20-27-11-14-29(15-12-27)39(59)21-28-13-16-35-30(19-28)22-37(56-35)48(65)58-25-31(24-52)42-34-8-4-3-7-33(34)41(23-38(42)58)69-50-45(63)43(61)44(62)46(70-50)49(66)67/h3-4,7-8,11-16,19,22-23,26,31-32,36,43-46,50,56,61-63H,5-6,9-10,17-18,20-21,24-25,53H2,1-2H3,(H,57,64)(H,66,67)(H3,54,55,68)/t31-,32+,36+,43+,44+,45-,46+,50?/m1/s1. The van der Waals surface area contributed by atoms with Gasteiger partial charge in [0.15, 0.2) is 17.7 Å². The van der Waals surface area contributed by atoms with Crippen LogP contribution in [0.2, 0.25) is 0 Å². The molecule has 2 aliphatic heterocycles. The number of amides is 4. The third-order valence-electron chi connectivity index (χ3n) is 13.1. The Balaban J connectivity index is 1.04. The van der Waals surface area contributed by atoms with E-state index < -0.39 is 54.7 Å². The Kier molecular flexibility index (Phi) is 16.6. The first-order valence-electron chi connectivity index (χ1n) is 23.3. The molecule has 1 fully saturated rings. The molecule has 4 amide bonds. The number of H-pyrrole nitrogens is 1. The highest BCUT2D eigenvalue weighted by Crippen LogP contribution is 2.46. The van der Waals surface area contributed by atoms with Crippen molar-refractivity contribution in [3.8, 4) is 5.75 Å². The number of fused-ring (bicyclic) bond motifs is 4. The number of ketones is 2. The number of Topliss-reactive ketones (excluding diaryl/α,β-unsaturated/α-hetero) is 2. The molecule has 11 N–H and O–H groups in total. The molecule has 2 aliphatic rings. The summed E-state index contributed by atoms with van der Waals surface area (Å²) in [5, 5.41) is 48.4. The second-order valence-electron chi connectivity index (χ2n) is 18.3. The van der Waals surface area contributed by atoms with Crippen LogP contribution in [0.15, 0.2) is 78.9 Å². The average Bonchev–Trinajstić information content (AvgIpc) is 3.94. The number of nitrogens with one attached hydrogen (secondary N) is 3. The number of hydrogen-bond acceptors (Lipinski definition) is 12. The van der Waals surface area contributed by atoms with E-state index >= 15 is 0 Å². The summed E-state index contributed by atoms with van der Waals surface area (Å²) in [4.78, 5) is 82.8. The predicted molar refractivity (Wildman–Crippen MR) is 261 cm³/mol. The molecule has 0 saturated carbocycles. The van der Waals surface area contributed by atoms with Crippen LogP contribution in [0.5, 0.6) is 5.75 Å². The van der Waals surface area contributed by atoms with Gasteiger partial charge < -0.3 is 61.9 Å². The Morgan fingerprint density at radius 3 is 2.27 bits per heavy atom. The Morgan fingerprint density at radius 1 is 0.886 bits per heavy atom. The average molecular weight is 984 g/mol. The van der Waals surface area contributed by atoms with Crippen molar-refractivity contribution in [3.63, 3.8) is 0 Å². The van der Waals surface area contributed by atoms with E-state index in [-0.39, 0.29) is 78.5 Å². The molecule has 0 bridgehead atoms. The number of rotatable bonds is 21. The Bertz CT molecular complexity index is 2750. The van der Waals surface area contributed by atoms with E-state index in [2.05, 4.69) is 15.6 Å². The smallest absolute Gasteiger partial charge is 0.335 e. The molecular formula is C51H59ClN6O12.